The molecule has 0 unspecified atom stereocenters. The van der Waals surface area contributed by atoms with E-state index in [1.165, 1.54) is 0 Å². The molecule has 0 saturated heterocycles. The Kier molecular flexibility index (Phi) is 5.03. The SMILES string of the molecule is CC(C)(C)[Si](C)(C)O[C@@H](CBr)c1cccc(N)c1. The van der Waals surface area contributed by atoms with E-state index in [0.29, 0.717) is 0 Å². The van der Waals surface area contributed by atoms with Crippen molar-refractivity contribution < 1.29 is 4.43 Å². The zero-order valence-corrected chi connectivity index (χ0v) is 14.5. The average Bonchev–Trinajstić information content (AvgIpc) is 2.24. The molecule has 0 aliphatic heterocycles. The van der Waals surface area contributed by atoms with Crippen LogP contribution in [0.3, 0.4) is 0 Å². The van der Waals surface area contributed by atoms with Crippen LogP contribution < -0.4 is 5.73 Å². The minimum absolute atomic E-state index is 0.0781. The second kappa shape index (κ2) is 5.76. The minimum Gasteiger partial charge on any atom is -0.409 e. The fourth-order valence-electron chi connectivity index (χ4n) is 1.48. The maximum Gasteiger partial charge on any atom is 0.192 e. The second-order valence-electron chi connectivity index (χ2n) is 6.19. The van der Waals surface area contributed by atoms with Gasteiger partial charge in [0.1, 0.15) is 0 Å². The van der Waals surface area contributed by atoms with E-state index < -0.39 is 8.32 Å². The van der Waals surface area contributed by atoms with Crippen LogP contribution in [0.4, 0.5) is 5.69 Å². The molecule has 0 saturated carbocycles. The van der Waals surface area contributed by atoms with Gasteiger partial charge in [-0.05, 0) is 35.8 Å². The summed E-state index contributed by atoms with van der Waals surface area (Å²) in [6, 6.07) is 7.96. The number of anilines is 1. The Morgan fingerprint density at radius 2 is 1.94 bits per heavy atom. The van der Waals surface area contributed by atoms with Gasteiger partial charge in [0.25, 0.3) is 0 Å². The van der Waals surface area contributed by atoms with Gasteiger partial charge in [0.05, 0.1) is 6.10 Å². The van der Waals surface area contributed by atoms with Crippen LogP contribution in [-0.4, -0.2) is 13.6 Å². The summed E-state index contributed by atoms with van der Waals surface area (Å²) in [4.78, 5) is 0. The summed E-state index contributed by atoms with van der Waals surface area (Å²) >= 11 is 3.55. The molecule has 0 fully saturated rings. The van der Waals surface area contributed by atoms with Crippen molar-refractivity contribution in [2.45, 2.75) is 45.0 Å². The first kappa shape index (κ1) is 15.7. The number of rotatable bonds is 4. The van der Waals surface area contributed by atoms with Crippen LogP contribution >= 0.6 is 15.9 Å². The van der Waals surface area contributed by atoms with Crippen molar-refractivity contribution in [2.75, 3.05) is 11.1 Å². The van der Waals surface area contributed by atoms with Crippen LogP contribution in [0.15, 0.2) is 24.3 Å². The van der Waals surface area contributed by atoms with Gasteiger partial charge < -0.3 is 10.2 Å². The topological polar surface area (TPSA) is 35.2 Å². The van der Waals surface area contributed by atoms with Crippen LogP contribution in [0.1, 0.15) is 32.4 Å². The molecule has 1 aromatic carbocycles. The molecule has 2 nitrogen and oxygen atoms in total. The molecule has 1 rings (SSSR count). The molecular weight excluding hydrogens is 306 g/mol. The predicted molar refractivity (Wildman–Crippen MR) is 85.7 cm³/mol. The Hall–Kier alpha value is -0.323. The van der Waals surface area contributed by atoms with Crippen molar-refractivity contribution in [1.82, 2.24) is 0 Å². The molecule has 0 radical (unpaired) electrons. The van der Waals surface area contributed by atoms with E-state index >= 15 is 0 Å². The van der Waals surface area contributed by atoms with Crippen molar-refractivity contribution in [2.24, 2.45) is 0 Å². The van der Waals surface area contributed by atoms with E-state index in [4.69, 9.17) is 10.2 Å². The van der Waals surface area contributed by atoms with Crippen LogP contribution in [-0.2, 0) is 4.43 Å². The lowest BCUT2D eigenvalue weighted by molar-refractivity contribution is 0.208. The minimum atomic E-state index is -1.76. The lowest BCUT2D eigenvalue weighted by Gasteiger charge is -2.39. The average molecular weight is 330 g/mol. The standard InChI is InChI=1S/C14H24BrNOSi/c1-14(2,3)18(4,5)17-13(10-15)11-7-6-8-12(16)9-11/h6-9,13H,10,16H2,1-5H3/t13-/m0/s1. The van der Waals surface area contributed by atoms with Gasteiger partial charge >= 0.3 is 0 Å². The molecule has 1 atom stereocenters. The summed E-state index contributed by atoms with van der Waals surface area (Å²) in [6.07, 6.45) is 0.0781. The highest BCUT2D eigenvalue weighted by atomic mass is 79.9. The molecule has 0 spiro atoms. The monoisotopic (exact) mass is 329 g/mol. The van der Waals surface area contributed by atoms with Gasteiger partial charge in [-0.15, -0.1) is 0 Å². The molecule has 0 heterocycles. The van der Waals surface area contributed by atoms with Gasteiger partial charge in [0, 0.05) is 11.0 Å². The third kappa shape index (κ3) is 3.83. The number of nitrogens with two attached hydrogens (primary N) is 1. The van der Waals surface area contributed by atoms with E-state index in [-0.39, 0.29) is 11.1 Å². The molecule has 18 heavy (non-hydrogen) atoms. The van der Waals surface area contributed by atoms with Crippen molar-refractivity contribution >= 4 is 29.9 Å². The number of hydrogen-bond donors (Lipinski definition) is 1. The number of benzene rings is 1. The summed E-state index contributed by atoms with van der Waals surface area (Å²) < 4.78 is 6.43. The molecule has 4 heteroatoms. The lowest BCUT2D eigenvalue weighted by Crippen LogP contribution is -2.42. The van der Waals surface area contributed by atoms with Gasteiger partial charge in [0.2, 0.25) is 0 Å². The molecule has 0 aliphatic carbocycles. The molecule has 0 amide bonds. The van der Waals surface area contributed by atoms with E-state index in [1.54, 1.807) is 0 Å². The van der Waals surface area contributed by atoms with E-state index in [1.807, 2.05) is 18.2 Å². The second-order valence-corrected chi connectivity index (χ2v) is 11.6. The lowest BCUT2D eigenvalue weighted by atomic mass is 10.1. The molecule has 0 aliphatic rings. The molecular formula is C14H24BrNOSi. The van der Waals surface area contributed by atoms with E-state index in [9.17, 15) is 0 Å². The maximum absolute atomic E-state index is 6.43. The zero-order chi connectivity index (χ0) is 14.0. The van der Waals surface area contributed by atoms with E-state index in [2.05, 4.69) is 55.9 Å². The van der Waals surface area contributed by atoms with Gasteiger partial charge in [-0.25, -0.2) is 0 Å². The highest BCUT2D eigenvalue weighted by molar-refractivity contribution is 9.09. The number of hydrogen-bond acceptors (Lipinski definition) is 2. The number of halogens is 1. The van der Waals surface area contributed by atoms with Gasteiger partial charge in [0.15, 0.2) is 8.32 Å². The Labute approximate surface area is 120 Å². The molecule has 1 aromatic rings. The molecule has 2 N–H and O–H groups in total. The summed E-state index contributed by atoms with van der Waals surface area (Å²) in [5.74, 6) is 0. The molecule has 0 bridgehead atoms. The fourth-order valence-corrected chi connectivity index (χ4v) is 3.51. The Bertz CT molecular complexity index is 401. The fraction of sp³-hybridized carbons (Fsp3) is 0.571. The van der Waals surface area contributed by atoms with Crippen LogP contribution in [0.25, 0.3) is 0 Å². The molecule has 0 aromatic heterocycles. The zero-order valence-electron chi connectivity index (χ0n) is 12.0. The van der Waals surface area contributed by atoms with Crippen LogP contribution in [0.5, 0.6) is 0 Å². The van der Waals surface area contributed by atoms with Crippen molar-refractivity contribution in [3.05, 3.63) is 29.8 Å². The van der Waals surface area contributed by atoms with Crippen molar-refractivity contribution in [3.63, 3.8) is 0 Å². The highest BCUT2D eigenvalue weighted by Gasteiger charge is 2.39. The van der Waals surface area contributed by atoms with Crippen molar-refractivity contribution in [3.8, 4) is 0 Å². The first-order valence-corrected chi connectivity index (χ1v) is 10.3. The Morgan fingerprint density at radius 1 is 1.33 bits per heavy atom. The van der Waals surface area contributed by atoms with Gasteiger partial charge in [-0.3, -0.25) is 0 Å². The third-order valence-electron chi connectivity index (χ3n) is 3.67. The summed E-state index contributed by atoms with van der Waals surface area (Å²) in [6.45, 7) is 11.3. The van der Waals surface area contributed by atoms with Gasteiger partial charge in [-0.1, -0.05) is 48.8 Å². The number of nitrogen functional groups attached to an aromatic ring is 1. The largest absolute Gasteiger partial charge is 0.409 e. The van der Waals surface area contributed by atoms with Crippen LogP contribution in [0, 0.1) is 0 Å². The van der Waals surface area contributed by atoms with Gasteiger partial charge in [-0.2, -0.15) is 0 Å². The van der Waals surface area contributed by atoms with E-state index in [0.717, 1.165) is 16.6 Å². The predicted octanol–water partition coefficient (Wildman–Crippen LogP) is 4.73. The highest BCUT2D eigenvalue weighted by Crippen LogP contribution is 2.40. The third-order valence-corrected chi connectivity index (χ3v) is 8.74. The summed E-state index contributed by atoms with van der Waals surface area (Å²) in [5, 5.41) is 1.01. The summed E-state index contributed by atoms with van der Waals surface area (Å²) in [5.41, 5.74) is 7.78. The maximum atomic E-state index is 6.43. The first-order chi connectivity index (χ1) is 8.17. The Balaban J connectivity index is 2.93. The van der Waals surface area contributed by atoms with Crippen molar-refractivity contribution in [1.29, 1.82) is 0 Å². The first-order valence-electron chi connectivity index (χ1n) is 6.26. The smallest absolute Gasteiger partial charge is 0.192 e. The molecule has 102 valence electrons. The quantitative estimate of drug-likeness (QED) is 0.492. The van der Waals surface area contributed by atoms with Crippen LogP contribution in [0.2, 0.25) is 18.1 Å². The summed E-state index contributed by atoms with van der Waals surface area (Å²) in [7, 11) is -1.76. The Morgan fingerprint density at radius 3 is 2.39 bits per heavy atom. The normalized spacial score (nSPS) is 14.6. The number of alkyl halides is 1.